The van der Waals surface area contributed by atoms with E-state index in [-0.39, 0.29) is 18.6 Å². The molecule has 1 heterocycles. The van der Waals surface area contributed by atoms with Crippen molar-refractivity contribution >= 4 is 0 Å². The first kappa shape index (κ1) is 15.5. The molecule has 0 aromatic heterocycles. The van der Waals surface area contributed by atoms with Crippen LogP contribution >= 0.6 is 0 Å². The van der Waals surface area contributed by atoms with Crippen molar-refractivity contribution < 1.29 is 24.1 Å². The topological polar surface area (TPSA) is 57.2 Å². The van der Waals surface area contributed by atoms with Crippen molar-refractivity contribution in [3.63, 3.8) is 0 Å². The molecule has 5 nitrogen and oxygen atoms in total. The summed E-state index contributed by atoms with van der Waals surface area (Å²) >= 11 is 0. The number of para-hydroxylation sites is 1. The molecule has 0 fully saturated rings. The zero-order valence-electron chi connectivity index (χ0n) is 13.4. The lowest BCUT2D eigenvalue weighted by Crippen LogP contribution is -2.13. The van der Waals surface area contributed by atoms with Gasteiger partial charge in [0.1, 0.15) is 6.10 Å². The van der Waals surface area contributed by atoms with Crippen LogP contribution in [0.5, 0.6) is 23.0 Å². The molecule has 0 saturated carbocycles. The fourth-order valence-corrected chi connectivity index (χ4v) is 3.01. The van der Waals surface area contributed by atoms with Gasteiger partial charge in [-0.05, 0) is 23.8 Å². The molecule has 3 rings (SSSR count). The van der Waals surface area contributed by atoms with Crippen LogP contribution in [0.15, 0.2) is 36.4 Å². The van der Waals surface area contributed by atoms with Gasteiger partial charge in [0.15, 0.2) is 23.0 Å². The fraction of sp³-hybridized carbons (Fsp3) is 0.333. The summed E-state index contributed by atoms with van der Waals surface area (Å²) in [6.07, 6.45) is -0.300. The predicted octanol–water partition coefficient (Wildman–Crippen LogP) is 2.92. The van der Waals surface area contributed by atoms with Gasteiger partial charge in [-0.1, -0.05) is 18.2 Å². The quantitative estimate of drug-likeness (QED) is 0.919. The number of rotatable bonds is 5. The minimum absolute atomic E-state index is 0.0147. The number of methoxy groups -OCH3 is 3. The molecule has 0 spiro atoms. The Balaban J connectivity index is 2.01. The summed E-state index contributed by atoms with van der Waals surface area (Å²) in [4.78, 5) is 0. The van der Waals surface area contributed by atoms with Crippen molar-refractivity contribution in [3.05, 3.63) is 47.5 Å². The monoisotopic (exact) mass is 316 g/mol. The van der Waals surface area contributed by atoms with Gasteiger partial charge in [-0.2, -0.15) is 0 Å². The Morgan fingerprint density at radius 3 is 2.35 bits per heavy atom. The van der Waals surface area contributed by atoms with Crippen molar-refractivity contribution in [2.24, 2.45) is 0 Å². The van der Waals surface area contributed by atoms with Crippen LogP contribution in [0.2, 0.25) is 0 Å². The van der Waals surface area contributed by atoms with Crippen LogP contribution in [-0.2, 0) is 0 Å². The molecule has 2 atom stereocenters. The van der Waals surface area contributed by atoms with Gasteiger partial charge in [-0.15, -0.1) is 0 Å². The van der Waals surface area contributed by atoms with Crippen molar-refractivity contribution in [2.45, 2.75) is 12.0 Å². The lowest BCUT2D eigenvalue weighted by Gasteiger charge is -2.19. The summed E-state index contributed by atoms with van der Waals surface area (Å²) in [5.74, 6) is 2.49. The summed E-state index contributed by atoms with van der Waals surface area (Å²) < 4.78 is 22.1. The maximum Gasteiger partial charge on any atom is 0.165 e. The number of hydrogen-bond acceptors (Lipinski definition) is 5. The number of aliphatic hydroxyl groups excluding tert-OH is 1. The zero-order chi connectivity index (χ0) is 16.4. The molecule has 0 bridgehead atoms. The highest BCUT2D eigenvalue weighted by Crippen LogP contribution is 2.50. The fourth-order valence-electron chi connectivity index (χ4n) is 3.01. The van der Waals surface area contributed by atoms with Gasteiger partial charge < -0.3 is 24.1 Å². The van der Waals surface area contributed by atoms with E-state index in [4.69, 9.17) is 18.9 Å². The minimum Gasteiger partial charge on any atom is -0.493 e. The van der Waals surface area contributed by atoms with E-state index >= 15 is 0 Å². The summed E-state index contributed by atoms with van der Waals surface area (Å²) in [5, 5.41) is 9.86. The molecule has 122 valence electrons. The Hall–Kier alpha value is -2.40. The van der Waals surface area contributed by atoms with E-state index < -0.39 is 0 Å². The van der Waals surface area contributed by atoms with Crippen LogP contribution in [-0.4, -0.2) is 33.0 Å². The second kappa shape index (κ2) is 6.38. The third-order valence-corrected chi connectivity index (χ3v) is 4.17. The lowest BCUT2D eigenvalue weighted by molar-refractivity contribution is 0.156. The highest BCUT2D eigenvalue weighted by molar-refractivity contribution is 5.54. The third-order valence-electron chi connectivity index (χ3n) is 4.17. The number of hydrogen-bond donors (Lipinski definition) is 1. The van der Waals surface area contributed by atoms with Crippen molar-refractivity contribution in [1.29, 1.82) is 0 Å². The van der Waals surface area contributed by atoms with Crippen molar-refractivity contribution in [3.8, 4) is 23.0 Å². The largest absolute Gasteiger partial charge is 0.493 e. The van der Waals surface area contributed by atoms with Crippen LogP contribution in [0.1, 0.15) is 23.1 Å². The summed E-state index contributed by atoms with van der Waals surface area (Å²) in [6, 6.07) is 11.4. The van der Waals surface area contributed by atoms with Gasteiger partial charge in [-0.25, -0.2) is 0 Å². The summed E-state index contributed by atoms with van der Waals surface area (Å²) in [6.45, 7) is -0.0147. The number of aliphatic hydroxyl groups is 1. The van der Waals surface area contributed by atoms with Gasteiger partial charge in [0, 0.05) is 5.56 Å². The summed E-state index contributed by atoms with van der Waals surface area (Å²) in [5.41, 5.74) is 1.87. The lowest BCUT2D eigenvalue weighted by atomic mass is 9.91. The molecular formula is C18H20O5. The zero-order valence-corrected chi connectivity index (χ0v) is 13.4. The van der Waals surface area contributed by atoms with Gasteiger partial charge in [0.05, 0.1) is 33.9 Å². The number of benzene rings is 2. The molecule has 23 heavy (non-hydrogen) atoms. The Labute approximate surface area is 135 Å². The second-order valence-electron chi connectivity index (χ2n) is 5.32. The molecule has 0 radical (unpaired) electrons. The Kier molecular flexibility index (Phi) is 4.30. The van der Waals surface area contributed by atoms with Gasteiger partial charge in [0.25, 0.3) is 0 Å². The minimum atomic E-state index is -0.300. The standard InChI is InChI=1S/C18H20O5/c1-20-14-8-7-11(9-16(14)22-3)17-13(10-19)12-5-4-6-15(21-2)18(12)23-17/h4-9,13,17,19H,10H2,1-3H3/t13-,17-/m0/s1. The van der Waals surface area contributed by atoms with Crippen LogP contribution in [0, 0.1) is 0 Å². The molecule has 0 unspecified atom stereocenters. The van der Waals surface area contributed by atoms with Crippen LogP contribution in [0.3, 0.4) is 0 Å². The SMILES string of the molecule is COc1ccc([C@@H]2Oc3c(OC)cccc3[C@@H]2CO)cc1OC. The van der Waals surface area contributed by atoms with Crippen LogP contribution in [0.4, 0.5) is 0 Å². The smallest absolute Gasteiger partial charge is 0.165 e. The van der Waals surface area contributed by atoms with E-state index in [0.29, 0.717) is 23.0 Å². The maximum atomic E-state index is 9.86. The predicted molar refractivity (Wildman–Crippen MR) is 85.7 cm³/mol. The normalized spacial score (nSPS) is 19.0. The van der Waals surface area contributed by atoms with E-state index in [1.807, 2.05) is 36.4 Å². The molecule has 1 N–H and O–H groups in total. The van der Waals surface area contributed by atoms with Crippen LogP contribution in [0.25, 0.3) is 0 Å². The first-order valence-corrected chi connectivity index (χ1v) is 7.39. The molecule has 1 aliphatic rings. The average molecular weight is 316 g/mol. The Morgan fingerprint density at radius 1 is 0.957 bits per heavy atom. The Morgan fingerprint density at radius 2 is 1.70 bits per heavy atom. The van der Waals surface area contributed by atoms with Gasteiger partial charge >= 0.3 is 0 Å². The number of ether oxygens (including phenoxy) is 4. The maximum absolute atomic E-state index is 9.86. The molecule has 1 aliphatic heterocycles. The van der Waals surface area contributed by atoms with E-state index in [0.717, 1.165) is 11.1 Å². The van der Waals surface area contributed by atoms with E-state index in [2.05, 4.69) is 0 Å². The van der Waals surface area contributed by atoms with E-state index in [9.17, 15) is 5.11 Å². The molecule has 0 amide bonds. The molecule has 2 aromatic rings. The van der Waals surface area contributed by atoms with Crippen molar-refractivity contribution in [2.75, 3.05) is 27.9 Å². The Bertz CT molecular complexity index is 698. The average Bonchev–Trinajstić information content (AvgIpc) is 2.99. The first-order chi connectivity index (χ1) is 11.2. The molecular weight excluding hydrogens is 296 g/mol. The highest BCUT2D eigenvalue weighted by atomic mass is 16.5. The van der Waals surface area contributed by atoms with E-state index in [1.165, 1.54) is 0 Å². The third kappa shape index (κ3) is 2.57. The summed E-state index contributed by atoms with van der Waals surface area (Å²) in [7, 11) is 4.80. The highest BCUT2D eigenvalue weighted by Gasteiger charge is 2.37. The second-order valence-corrected chi connectivity index (χ2v) is 5.32. The molecule has 2 aromatic carbocycles. The van der Waals surface area contributed by atoms with Gasteiger partial charge in [-0.3, -0.25) is 0 Å². The first-order valence-electron chi connectivity index (χ1n) is 7.39. The molecule has 0 aliphatic carbocycles. The van der Waals surface area contributed by atoms with Crippen LogP contribution < -0.4 is 18.9 Å². The molecule has 5 heteroatoms. The van der Waals surface area contributed by atoms with Crippen molar-refractivity contribution in [1.82, 2.24) is 0 Å². The molecule has 0 saturated heterocycles. The number of fused-ring (bicyclic) bond motifs is 1. The van der Waals surface area contributed by atoms with Gasteiger partial charge in [0.2, 0.25) is 0 Å². The van der Waals surface area contributed by atoms with E-state index in [1.54, 1.807) is 21.3 Å².